The van der Waals surface area contributed by atoms with Crippen LogP contribution in [0.25, 0.3) is 0 Å². The Morgan fingerprint density at radius 3 is 2.54 bits per heavy atom. The topological polar surface area (TPSA) is 87.7 Å². The Morgan fingerprint density at radius 1 is 1.27 bits per heavy atom. The van der Waals surface area contributed by atoms with E-state index in [4.69, 9.17) is 17.0 Å². The summed E-state index contributed by atoms with van der Waals surface area (Å²) in [7, 11) is 0. The van der Waals surface area contributed by atoms with E-state index in [0.717, 1.165) is 25.7 Å². The molecule has 1 saturated carbocycles. The second-order valence-corrected chi connectivity index (χ2v) is 8.35. The maximum atomic E-state index is 12.3. The van der Waals surface area contributed by atoms with Crippen molar-refractivity contribution >= 4 is 35.1 Å². The van der Waals surface area contributed by atoms with Gasteiger partial charge in [0.1, 0.15) is 12.1 Å². The van der Waals surface area contributed by atoms with Crippen LogP contribution in [0.2, 0.25) is 0 Å². The normalized spacial score (nSPS) is 21.7. The molecule has 7 nitrogen and oxygen atoms in total. The van der Waals surface area contributed by atoms with Crippen LogP contribution in [0.15, 0.2) is 0 Å². The van der Waals surface area contributed by atoms with Crippen LogP contribution in [0, 0.1) is 5.41 Å². The van der Waals surface area contributed by atoms with E-state index < -0.39 is 17.4 Å². The average Bonchev–Trinajstić information content (AvgIpc) is 2.56. The molecule has 1 heterocycles. The summed E-state index contributed by atoms with van der Waals surface area (Å²) in [5.74, 6) is -0.893. The number of hydrogen-bond donors (Lipinski definition) is 2. The van der Waals surface area contributed by atoms with Crippen LogP contribution in [0.1, 0.15) is 59.3 Å². The van der Waals surface area contributed by atoms with Crippen molar-refractivity contribution in [3.05, 3.63) is 0 Å². The summed E-state index contributed by atoms with van der Waals surface area (Å²) in [6.45, 7) is 6.21. The van der Waals surface area contributed by atoms with Gasteiger partial charge in [-0.1, -0.05) is 27.2 Å². The number of esters is 1. The van der Waals surface area contributed by atoms with Gasteiger partial charge in [-0.25, -0.2) is 0 Å². The predicted octanol–water partition coefficient (Wildman–Crippen LogP) is 1.50. The number of rotatable bonds is 3. The van der Waals surface area contributed by atoms with E-state index in [0.29, 0.717) is 13.1 Å². The first-order chi connectivity index (χ1) is 12.2. The molecule has 0 spiro atoms. The first-order valence-corrected chi connectivity index (χ1v) is 9.68. The SMILES string of the molecule is CC(C)(C)C(=O)NC(=S)N1CCNC(=O)C1CC(=O)OC1CCCCC1. The Balaban J connectivity index is 1.98. The third kappa shape index (κ3) is 5.65. The van der Waals surface area contributed by atoms with Gasteiger partial charge >= 0.3 is 5.97 Å². The molecule has 1 aliphatic carbocycles. The Morgan fingerprint density at radius 2 is 1.92 bits per heavy atom. The van der Waals surface area contributed by atoms with Crippen molar-refractivity contribution in [2.75, 3.05) is 13.1 Å². The zero-order valence-corrected chi connectivity index (χ0v) is 16.6. The highest BCUT2D eigenvalue weighted by atomic mass is 32.1. The summed E-state index contributed by atoms with van der Waals surface area (Å²) in [5, 5.41) is 5.61. The van der Waals surface area contributed by atoms with Crippen LogP contribution in [-0.2, 0) is 19.1 Å². The van der Waals surface area contributed by atoms with Gasteiger partial charge < -0.3 is 20.3 Å². The third-order valence-corrected chi connectivity index (χ3v) is 5.04. The van der Waals surface area contributed by atoms with Gasteiger partial charge in [-0.05, 0) is 37.9 Å². The van der Waals surface area contributed by atoms with Crippen molar-refractivity contribution in [3.63, 3.8) is 0 Å². The number of carbonyl (C=O) groups is 3. The van der Waals surface area contributed by atoms with Gasteiger partial charge in [-0.2, -0.15) is 0 Å². The molecule has 1 unspecified atom stereocenters. The maximum Gasteiger partial charge on any atom is 0.308 e. The third-order valence-electron chi connectivity index (χ3n) is 4.70. The number of nitrogens with zero attached hydrogens (tertiary/aromatic N) is 1. The van der Waals surface area contributed by atoms with Crippen molar-refractivity contribution in [1.29, 1.82) is 0 Å². The van der Waals surface area contributed by atoms with Crippen molar-refractivity contribution in [1.82, 2.24) is 15.5 Å². The molecule has 1 atom stereocenters. The van der Waals surface area contributed by atoms with Crippen LogP contribution in [0.4, 0.5) is 0 Å². The molecule has 2 N–H and O–H groups in total. The van der Waals surface area contributed by atoms with Gasteiger partial charge in [0.15, 0.2) is 5.11 Å². The lowest BCUT2D eigenvalue weighted by atomic mass is 9.96. The average molecular weight is 384 g/mol. The number of carbonyl (C=O) groups excluding carboxylic acids is 3. The largest absolute Gasteiger partial charge is 0.462 e. The van der Waals surface area contributed by atoms with Crippen molar-refractivity contribution in [2.45, 2.75) is 71.4 Å². The maximum absolute atomic E-state index is 12.3. The smallest absolute Gasteiger partial charge is 0.308 e. The minimum Gasteiger partial charge on any atom is -0.462 e. The summed E-state index contributed by atoms with van der Waals surface area (Å²) in [6.07, 6.45) is 4.94. The zero-order chi connectivity index (χ0) is 19.3. The summed E-state index contributed by atoms with van der Waals surface area (Å²) in [4.78, 5) is 38.4. The van der Waals surface area contributed by atoms with Crippen LogP contribution in [0.3, 0.4) is 0 Å². The van der Waals surface area contributed by atoms with Crippen LogP contribution < -0.4 is 10.6 Å². The van der Waals surface area contributed by atoms with Gasteiger partial charge in [0.25, 0.3) is 0 Å². The van der Waals surface area contributed by atoms with Crippen molar-refractivity contribution in [3.8, 4) is 0 Å². The highest BCUT2D eigenvalue weighted by Crippen LogP contribution is 2.21. The molecule has 0 bridgehead atoms. The molecule has 2 rings (SSSR count). The van der Waals surface area contributed by atoms with E-state index in [1.165, 1.54) is 6.42 Å². The Bertz CT molecular complexity index is 567. The molecule has 0 aromatic rings. The molecule has 2 fully saturated rings. The molecule has 26 heavy (non-hydrogen) atoms. The van der Waals surface area contributed by atoms with Crippen molar-refractivity contribution < 1.29 is 19.1 Å². The highest BCUT2D eigenvalue weighted by molar-refractivity contribution is 7.80. The zero-order valence-electron chi connectivity index (χ0n) is 15.8. The molecule has 146 valence electrons. The van der Waals surface area contributed by atoms with E-state index in [9.17, 15) is 14.4 Å². The van der Waals surface area contributed by atoms with Crippen LogP contribution in [-0.4, -0.2) is 53.0 Å². The van der Waals surface area contributed by atoms with Gasteiger partial charge in [0.05, 0.1) is 6.42 Å². The number of amides is 2. The molecule has 8 heteroatoms. The Hall–Kier alpha value is -1.70. The van der Waals surface area contributed by atoms with Crippen molar-refractivity contribution in [2.24, 2.45) is 5.41 Å². The molecular weight excluding hydrogens is 354 g/mol. The fraction of sp³-hybridized carbons (Fsp3) is 0.778. The molecule has 0 radical (unpaired) electrons. The Labute approximate surface area is 160 Å². The number of piperazine rings is 1. The minimum absolute atomic E-state index is 0.0519. The quantitative estimate of drug-likeness (QED) is 0.567. The first-order valence-electron chi connectivity index (χ1n) is 9.27. The lowest BCUT2D eigenvalue weighted by Gasteiger charge is -2.37. The molecule has 1 saturated heterocycles. The first kappa shape index (κ1) is 20.6. The molecule has 1 aliphatic heterocycles. The lowest BCUT2D eigenvalue weighted by molar-refractivity contribution is -0.153. The highest BCUT2D eigenvalue weighted by Gasteiger charge is 2.35. The molecule has 2 amide bonds. The number of nitrogens with one attached hydrogen (secondary N) is 2. The summed E-state index contributed by atoms with van der Waals surface area (Å²) >= 11 is 5.33. The van der Waals surface area contributed by atoms with E-state index in [-0.39, 0.29) is 29.5 Å². The summed E-state index contributed by atoms with van der Waals surface area (Å²) in [6, 6.07) is -0.757. The van der Waals surface area contributed by atoms with E-state index in [1.807, 2.05) is 0 Å². The van der Waals surface area contributed by atoms with Gasteiger partial charge in [0.2, 0.25) is 11.8 Å². The fourth-order valence-electron chi connectivity index (χ4n) is 3.09. The monoisotopic (exact) mass is 383 g/mol. The number of thiocarbonyl (C=S) groups is 1. The van der Waals surface area contributed by atoms with E-state index in [1.54, 1.807) is 25.7 Å². The number of ether oxygens (including phenoxy) is 1. The predicted molar refractivity (Wildman–Crippen MR) is 101 cm³/mol. The number of hydrogen-bond acceptors (Lipinski definition) is 5. The second kappa shape index (κ2) is 8.79. The molecule has 0 aromatic carbocycles. The van der Waals surface area contributed by atoms with Crippen LogP contribution in [0.5, 0.6) is 0 Å². The second-order valence-electron chi connectivity index (χ2n) is 7.96. The van der Waals surface area contributed by atoms with E-state index in [2.05, 4.69) is 10.6 Å². The Kier molecular flexibility index (Phi) is 6.97. The molecular formula is C18H29N3O4S. The van der Waals surface area contributed by atoms with Gasteiger partial charge in [-0.15, -0.1) is 0 Å². The van der Waals surface area contributed by atoms with E-state index >= 15 is 0 Å². The lowest BCUT2D eigenvalue weighted by Crippen LogP contribution is -2.61. The van der Waals surface area contributed by atoms with Gasteiger partial charge in [0, 0.05) is 18.5 Å². The minimum atomic E-state index is -0.757. The standard InChI is InChI=1S/C18H29N3O4S/c1-18(2,3)16(24)20-17(26)21-10-9-19-15(23)13(21)11-14(22)25-12-7-5-4-6-8-12/h12-13H,4-11H2,1-3H3,(H,19,23)(H,20,24,26). The molecule has 2 aliphatic rings. The van der Waals surface area contributed by atoms with Gasteiger partial charge in [-0.3, -0.25) is 14.4 Å². The summed E-state index contributed by atoms with van der Waals surface area (Å²) < 4.78 is 5.53. The molecule has 0 aromatic heterocycles. The van der Waals surface area contributed by atoms with Crippen LogP contribution >= 0.6 is 12.2 Å². The fourth-order valence-corrected chi connectivity index (χ4v) is 3.40. The summed E-state index contributed by atoms with van der Waals surface area (Å²) in [5.41, 5.74) is -0.600.